The van der Waals surface area contributed by atoms with Crippen LogP contribution in [0, 0.1) is 0 Å². The number of benzene rings is 4. The van der Waals surface area contributed by atoms with Crippen LogP contribution in [-0.4, -0.2) is 97.8 Å². The second kappa shape index (κ2) is 35.4. The fourth-order valence-electron chi connectivity index (χ4n) is 14.2. The number of aromatic hydroxyl groups is 1. The molecule has 0 amide bonds. The number of unbranched alkanes of at least 4 members (excludes halogenated alkanes) is 28. The van der Waals surface area contributed by atoms with E-state index in [2.05, 4.69) is 62.6 Å². The molecular formula is C73H110N2O10+2. The predicted octanol–water partition coefficient (Wildman–Crippen LogP) is 18.5. The minimum absolute atomic E-state index is 0.0176. The molecule has 0 aliphatic carbocycles. The molecule has 0 radical (unpaired) electrons. The summed E-state index contributed by atoms with van der Waals surface area (Å²) in [5.74, 6) is 2.97. The topological polar surface area (TPSA) is 141 Å². The minimum Gasteiger partial charge on any atom is -0.502 e. The van der Waals surface area contributed by atoms with Gasteiger partial charge in [-0.15, -0.1) is 0 Å². The second-order valence-electron chi connectivity index (χ2n) is 26.1. The Bertz CT molecular complexity index is 2650. The number of methoxy groups -OCH3 is 3. The molecule has 85 heavy (non-hydrogen) atoms. The Morgan fingerprint density at radius 2 is 0.859 bits per heavy atom. The number of carboxylic acid groups (broad SMARTS) is 2. The van der Waals surface area contributed by atoms with Crippen LogP contribution in [-0.2, 0) is 35.3 Å². The number of hydrogen-bond acceptors (Lipinski definition) is 8. The van der Waals surface area contributed by atoms with Crippen molar-refractivity contribution >= 4 is 11.9 Å². The molecule has 4 unspecified atom stereocenters. The van der Waals surface area contributed by atoms with Gasteiger partial charge in [-0.1, -0.05) is 172 Å². The molecule has 8 rings (SSSR count). The Morgan fingerprint density at radius 1 is 0.459 bits per heavy atom. The summed E-state index contributed by atoms with van der Waals surface area (Å²) in [7, 11) is 9.96. The number of carboxylic acids is 2. The highest BCUT2D eigenvalue weighted by Gasteiger charge is 2.44. The van der Waals surface area contributed by atoms with Crippen LogP contribution in [0.4, 0.5) is 0 Å². The molecule has 0 saturated heterocycles. The second-order valence-corrected chi connectivity index (χ2v) is 26.1. The van der Waals surface area contributed by atoms with Gasteiger partial charge < -0.3 is 48.0 Å². The van der Waals surface area contributed by atoms with E-state index < -0.39 is 11.9 Å². The maximum absolute atomic E-state index is 12.5. The third-order valence-electron chi connectivity index (χ3n) is 19.5. The lowest BCUT2D eigenvalue weighted by Crippen LogP contribution is -2.52. The SMILES string of the molecule is COc1ccc2cc1Oc1ccc(cc1)CC1c3cc(c(OC)cc3CC[N+]1(C)CCCCCCCCCCCCCCCCCC(=O)O)Oc1c(O)c(OC)cc3c1C(C2)[N+](C)(CCCCCCCCCCCCCCCCCC(=O)O)CC3. The highest BCUT2D eigenvalue weighted by Crippen LogP contribution is 2.53. The van der Waals surface area contributed by atoms with Gasteiger partial charge in [-0.2, -0.15) is 0 Å². The van der Waals surface area contributed by atoms with Gasteiger partial charge in [0.15, 0.2) is 34.5 Å². The van der Waals surface area contributed by atoms with Crippen molar-refractivity contribution in [1.29, 1.82) is 0 Å². The van der Waals surface area contributed by atoms with E-state index in [0.717, 1.165) is 122 Å². The minimum atomic E-state index is -0.680. The fraction of sp³-hybridized carbons (Fsp3) is 0.644. The van der Waals surface area contributed by atoms with Crippen molar-refractivity contribution in [3.8, 4) is 46.0 Å². The van der Waals surface area contributed by atoms with Gasteiger partial charge >= 0.3 is 11.9 Å². The molecule has 4 aromatic rings. The smallest absolute Gasteiger partial charge is 0.303 e. The van der Waals surface area contributed by atoms with Crippen molar-refractivity contribution < 1.29 is 57.6 Å². The van der Waals surface area contributed by atoms with Gasteiger partial charge in [-0.25, -0.2) is 0 Å². The molecule has 4 aromatic carbocycles. The monoisotopic (exact) mass is 1170 g/mol. The van der Waals surface area contributed by atoms with Gasteiger partial charge in [0.1, 0.15) is 17.8 Å². The summed E-state index contributed by atoms with van der Waals surface area (Å²) in [5, 5.41) is 30.2. The molecule has 4 aliphatic heterocycles. The molecule has 470 valence electrons. The number of rotatable bonds is 39. The molecule has 4 atom stereocenters. The van der Waals surface area contributed by atoms with Crippen LogP contribution < -0.4 is 23.7 Å². The normalized spacial score (nSPS) is 18.8. The van der Waals surface area contributed by atoms with Crippen molar-refractivity contribution in [2.24, 2.45) is 0 Å². The van der Waals surface area contributed by atoms with Crippen LogP contribution >= 0.6 is 0 Å². The zero-order valence-corrected chi connectivity index (χ0v) is 53.3. The van der Waals surface area contributed by atoms with Crippen LogP contribution in [0.15, 0.2) is 60.7 Å². The molecule has 0 saturated carbocycles. The summed E-state index contributed by atoms with van der Waals surface area (Å²) < 4.78 is 34.0. The van der Waals surface area contributed by atoms with Crippen molar-refractivity contribution in [2.45, 2.75) is 243 Å². The van der Waals surface area contributed by atoms with E-state index in [1.807, 2.05) is 12.1 Å². The number of aliphatic carboxylic acids is 2. The molecule has 12 heteroatoms. The number of fused-ring (bicyclic) bond motifs is 2. The maximum atomic E-state index is 12.5. The van der Waals surface area contributed by atoms with E-state index in [9.17, 15) is 14.7 Å². The van der Waals surface area contributed by atoms with E-state index >= 15 is 0 Å². The lowest BCUT2D eigenvalue weighted by Gasteiger charge is -2.47. The number of hydrogen-bond donors (Lipinski definition) is 3. The van der Waals surface area contributed by atoms with E-state index in [1.54, 1.807) is 21.3 Å². The third kappa shape index (κ3) is 20.6. The number of likely N-dealkylation sites (N-methyl/N-ethyl adjacent to an activating group) is 2. The molecule has 6 bridgehead atoms. The first-order chi connectivity index (χ1) is 41.3. The number of phenolic OH excluding ortho intramolecular Hbond substituents is 1. The van der Waals surface area contributed by atoms with Crippen molar-refractivity contribution in [2.75, 3.05) is 61.6 Å². The standard InChI is InChI=1S/C73H108N2O10/c1-74(46-34-30-26-22-18-14-10-6-8-12-16-20-24-28-32-36-69(76)77)48-44-58-53-65(82-4)67-55-61(58)62(74)50-56-38-41-60(42-39-56)84-66-52-57(40-43-64(66)81-3)51-63-71-59(54-68(83-5)72(80)73(71)85-67)45-49-75(63,2)47-35-31-27-23-19-15-11-7-9-13-17-21-25-29-33-37-70(78)79/h38-43,52-55,62-63H,6-37,44-51H2,1-5H3,(H-2,76,77,78,79,80)/p+2. The average molecular weight is 1180 g/mol. The predicted molar refractivity (Wildman–Crippen MR) is 342 cm³/mol. The van der Waals surface area contributed by atoms with Gasteiger partial charge in [0.25, 0.3) is 0 Å². The number of nitrogens with zero attached hydrogens (tertiary/aromatic N) is 2. The van der Waals surface area contributed by atoms with Crippen molar-refractivity contribution in [1.82, 2.24) is 0 Å². The molecule has 12 nitrogen and oxygen atoms in total. The van der Waals surface area contributed by atoms with E-state index in [0.29, 0.717) is 53.8 Å². The summed E-state index contributed by atoms with van der Waals surface area (Å²) in [6.45, 7) is 4.08. The van der Waals surface area contributed by atoms with Gasteiger partial charge in [-0.05, 0) is 103 Å². The Balaban J connectivity index is 1.04. The number of ether oxygens (including phenoxy) is 5. The van der Waals surface area contributed by atoms with Gasteiger partial charge in [0.2, 0.25) is 5.75 Å². The van der Waals surface area contributed by atoms with Crippen LogP contribution in [0.5, 0.6) is 46.0 Å². The lowest BCUT2D eigenvalue weighted by molar-refractivity contribution is -0.941. The number of quaternary nitrogens is 2. The largest absolute Gasteiger partial charge is 0.502 e. The molecule has 4 heterocycles. The molecule has 0 fully saturated rings. The fourth-order valence-corrected chi connectivity index (χ4v) is 14.2. The summed E-state index contributed by atoms with van der Waals surface area (Å²) in [6.07, 6.45) is 40.4. The molecule has 0 aromatic heterocycles. The zero-order valence-electron chi connectivity index (χ0n) is 53.3. The number of carbonyl (C=O) groups is 2. The van der Waals surface area contributed by atoms with Gasteiger partial charge in [-0.3, -0.25) is 9.59 Å². The zero-order chi connectivity index (χ0) is 60.3. The summed E-state index contributed by atoms with van der Waals surface area (Å²) >= 11 is 0. The van der Waals surface area contributed by atoms with Crippen LogP contribution in [0.1, 0.15) is 251 Å². The highest BCUT2D eigenvalue weighted by molar-refractivity contribution is 5.67. The van der Waals surface area contributed by atoms with Crippen molar-refractivity contribution in [3.05, 3.63) is 94.0 Å². The average Bonchev–Trinajstić information content (AvgIpc) is 2.35. The summed E-state index contributed by atoms with van der Waals surface area (Å²) in [6, 6.07) is 21.7. The summed E-state index contributed by atoms with van der Waals surface area (Å²) in [5.41, 5.74) is 7.12. The maximum Gasteiger partial charge on any atom is 0.303 e. The first-order valence-corrected chi connectivity index (χ1v) is 33.7. The Kier molecular flexibility index (Phi) is 27.9. The molecular weight excluding hydrogens is 1060 g/mol. The third-order valence-corrected chi connectivity index (χ3v) is 19.5. The van der Waals surface area contributed by atoms with E-state index in [1.165, 1.54) is 164 Å². The van der Waals surface area contributed by atoms with Gasteiger partial charge in [0, 0.05) is 44.1 Å². The van der Waals surface area contributed by atoms with Crippen LogP contribution in [0.25, 0.3) is 0 Å². The summed E-state index contributed by atoms with van der Waals surface area (Å²) in [4.78, 5) is 21.5. The first-order valence-electron chi connectivity index (χ1n) is 33.7. The molecule has 4 aliphatic rings. The lowest BCUT2D eigenvalue weighted by atomic mass is 9.84. The van der Waals surface area contributed by atoms with E-state index in [-0.39, 0.29) is 17.8 Å². The molecule has 0 spiro atoms. The highest BCUT2D eigenvalue weighted by atomic mass is 16.5. The first kappa shape index (κ1) is 67.1. The quantitative estimate of drug-likeness (QED) is 0.0292. The van der Waals surface area contributed by atoms with Crippen LogP contribution in [0.3, 0.4) is 0 Å². The van der Waals surface area contributed by atoms with E-state index in [4.69, 9.17) is 33.9 Å². The number of phenols is 1. The molecule has 3 N–H and O–H groups in total. The Morgan fingerprint density at radius 3 is 1.33 bits per heavy atom. The van der Waals surface area contributed by atoms with Gasteiger partial charge in [0.05, 0.1) is 67.2 Å². The van der Waals surface area contributed by atoms with Crippen LogP contribution in [0.2, 0.25) is 0 Å². The van der Waals surface area contributed by atoms with Crippen molar-refractivity contribution in [3.63, 3.8) is 0 Å². The Labute approximate surface area is 512 Å². The Hall–Kier alpha value is -5.46.